The van der Waals surface area contributed by atoms with Gasteiger partial charge < -0.3 is 13.9 Å². The van der Waals surface area contributed by atoms with Gasteiger partial charge in [0.2, 0.25) is 0 Å². The number of hydrogen-bond donors (Lipinski definition) is 0. The minimum Gasteiger partial charge on any atom is -0.497 e. The number of benzene rings is 1. The zero-order valence-electron chi connectivity index (χ0n) is 13.5. The second-order valence-corrected chi connectivity index (χ2v) is 12.0. The minimum absolute atomic E-state index is 0.197. The Morgan fingerprint density at radius 3 is 2.15 bits per heavy atom. The highest BCUT2D eigenvalue weighted by Gasteiger charge is 2.37. The highest BCUT2D eigenvalue weighted by molar-refractivity contribution is 9.10. The lowest BCUT2D eigenvalue weighted by Crippen LogP contribution is -2.40. The van der Waals surface area contributed by atoms with Gasteiger partial charge in [-0.3, -0.25) is 0 Å². The van der Waals surface area contributed by atoms with Gasteiger partial charge in [0.1, 0.15) is 11.5 Å². The summed E-state index contributed by atoms with van der Waals surface area (Å²) in [4.78, 5) is 0. The van der Waals surface area contributed by atoms with Crippen molar-refractivity contribution in [1.29, 1.82) is 0 Å². The van der Waals surface area contributed by atoms with Crippen LogP contribution in [-0.4, -0.2) is 22.5 Å². The third-order valence-corrected chi connectivity index (χ3v) is 9.32. The molecule has 0 N–H and O–H groups in total. The molecule has 0 atom stereocenters. The summed E-state index contributed by atoms with van der Waals surface area (Å²) in [6, 6.07) is 3.85. The van der Waals surface area contributed by atoms with E-state index < -0.39 is 8.32 Å². The van der Waals surface area contributed by atoms with Crippen LogP contribution >= 0.6 is 15.9 Å². The van der Waals surface area contributed by atoms with Gasteiger partial charge in [-0.05, 0) is 45.7 Å². The van der Waals surface area contributed by atoms with Crippen molar-refractivity contribution in [1.82, 2.24) is 0 Å². The van der Waals surface area contributed by atoms with Crippen molar-refractivity contribution in [2.45, 2.75) is 45.5 Å². The summed E-state index contributed by atoms with van der Waals surface area (Å²) in [5.41, 5.74) is 1.05. The Labute approximate surface area is 131 Å². The molecule has 0 saturated heterocycles. The molecule has 0 aromatic heterocycles. The average Bonchev–Trinajstić information content (AvgIpc) is 2.36. The van der Waals surface area contributed by atoms with E-state index in [-0.39, 0.29) is 5.04 Å². The Morgan fingerprint density at radius 2 is 1.70 bits per heavy atom. The molecule has 0 bridgehead atoms. The van der Waals surface area contributed by atoms with E-state index in [2.05, 4.69) is 49.8 Å². The number of halogens is 1. The second kappa shape index (κ2) is 6.50. The van der Waals surface area contributed by atoms with E-state index in [1.165, 1.54) is 0 Å². The van der Waals surface area contributed by atoms with Crippen LogP contribution in [0.4, 0.5) is 0 Å². The fourth-order valence-electron chi connectivity index (χ4n) is 1.47. The number of hydrogen-bond acceptors (Lipinski definition) is 3. The normalized spacial score (nSPS) is 12.4. The first-order chi connectivity index (χ1) is 9.12. The first-order valence-electron chi connectivity index (χ1n) is 6.66. The molecule has 20 heavy (non-hydrogen) atoms. The summed E-state index contributed by atoms with van der Waals surface area (Å²) in [6.45, 7) is 11.8. The molecule has 0 fully saturated rings. The first kappa shape index (κ1) is 17.5. The first-order valence-corrected chi connectivity index (χ1v) is 10.4. The van der Waals surface area contributed by atoms with E-state index in [0.29, 0.717) is 6.61 Å². The smallest absolute Gasteiger partial charge is 0.192 e. The third-order valence-electron chi connectivity index (χ3n) is 3.94. The Bertz CT molecular complexity index is 467. The lowest BCUT2D eigenvalue weighted by atomic mass is 10.2. The Kier molecular flexibility index (Phi) is 5.69. The lowest BCUT2D eigenvalue weighted by molar-refractivity contribution is 0.274. The maximum absolute atomic E-state index is 6.26. The van der Waals surface area contributed by atoms with Crippen molar-refractivity contribution >= 4 is 24.2 Å². The molecule has 1 aromatic carbocycles. The van der Waals surface area contributed by atoms with Crippen molar-refractivity contribution in [2.75, 3.05) is 14.2 Å². The number of ether oxygens (including phenoxy) is 2. The average molecular weight is 361 g/mol. The van der Waals surface area contributed by atoms with Gasteiger partial charge in [0.25, 0.3) is 0 Å². The molecule has 0 aliphatic carbocycles. The molecule has 3 nitrogen and oxygen atoms in total. The van der Waals surface area contributed by atoms with E-state index in [9.17, 15) is 0 Å². The van der Waals surface area contributed by atoms with Crippen molar-refractivity contribution in [2.24, 2.45) is 0 Å². The molecule has 1 aromatic rings. The largest absolute Gasteiger partial charge is 0.497 e. The highest BCUT2D eigenvalue weighted by atomic mass is 79.9. The Balaban J connectivity index is 2.98. The second-order valence-electron chi connectivity index (χ2n) is 6.35. The van der Waals surface area contributed by atoms with Crippen molar-refractivity contribution in [3.8, 4) is 11.5 Å². The monoisotopic (exact) mass is 360 g/mol. The summed E-state index contributed by atoms with van der Waals surface area (Å²) in [5.74, 6) is 1.54. The van der Waals surface area contributed by atoms with Crippen LogP contribution < -0.4 is 9.47 Å². The topological polar surface area (TPSA) is 27.7 Å². The van der Waals surface area contributed by atoms with Gasteiger partial charge in [0.15, 0.2) is 8.32 Å². The maximum Gasteiger partial charge on any atom is 0.192 e. The van der Waals surface area contributed by atoms with Crippen molar-refractivity contribution in [3.05, 3.63) is 22.2 Å². The molecular weight excluding hydrogens is 336 g/mol. The van der Waals surface area contributed by atoms with E-state index >= 15 is 0 Å². The summed E-state index contributed by atoms with van der Waals surface area (Å²) in [5, 5.41) is 0.197. The molecule has 0 unspecified atom stereocenters. The molecule has 5 heteroatoms. The summed E-state index contributed by atoms with van der Waals surface area (Å²) >= 11 is 3.58. The maximum atomic E-state index is 6.26. The highest BCUT2D eigenvalue weighted by Crippen LogP contribution is 2.39. The molecule has 0 aliphatic rings. The standard InChI is InChI=1S/C15H25BrO3Si/c1-15(2,3)20(6,7)19-10-11-8-12(17-4)9-13(18-5)14(11)16/h8-9H,10H2,1-7H3. The predicted octanol–water partition coefficient (Wildman–Crippen LogP) is 4.99. The quantitative estimate of drug-likeness (QED) is 0.692. The zero-order chi connectivity index (χ0) is 15.6. The molecule has 1 rings (SSSR count). The van der Waals surface area contributed by atoms with Crippen LogP contribution in [0.15, 0.2) is 16.6 Å². The molecular formula is C15H25BrO3Si. The lowest BCUT2D eigenvalue weighted by Gasteiger charge is -2.36. The summed E-state index contributed by atoms with van der Waals surface area (Å²) in [7, 11) is 1.54. The van der Waals surface area contributed by atoms with Crippen LogP contribution in [0.3, 0.4) is 0 Å². The summed E-state index contributed by atoms with van der Waals surface area (Å²) in [6.07, 6.45) is 0. The van der Waals surface area contributed by atoms with Gasteiger partial charge in [-0.25, -0.2) is 0 Å². The van der Waals surface area contributed by atoms with Crippen LogP contribution in [0, 0.1) is 0 Å². The minimum atomic E-state index is -1.77. The fourth-order valence-corrected chi connectivity index (χ4v) is 2.93. The molecule has 0 heterocycles. The van der Waals surface area contributed by atoms with Gasteiger partial charge in [-0.1, -0.05) is 20.8 Å². The Morgan fingerprint density at radius 1 is 1.10 bits per heavy atom. The van der Waals surface area contributed by atoms with E-state index in [1.807, 2.05) is 12.1 Å². The van der Waals surface area contributed by atoms with Crippen LogP contribution in [-0.2, 0) is 11.0 Å². The molecule has 0 amide bonds. The van der Waals surface area contributed by atoms with Gasteiger partial charge in [-0.15, -0.1) is 0 Å². The number of methoxy groups -OCH3 is 2. The predicted molar refractivity (Wildman–Crippen MR) is 89.2 cm³/mol. The summed E-state index contributed by atoms with van der Waals surface area (Å²) < 4.78 is 17.9. The van der Waals surface area contributed by atoms with Crippen molar-refractivity contribution in [3.63, 3.8) is 0 Å². The zero-order valence-corrected chi connectivity index (χ0v) is 16.1. The van der Waals surface area contributed by atoms with Gasteiger partial charge in [0.05, 0.1) is 25.3 Å². The molecule has 0 spiro atoms. The van der Waals surface area contributed by atoms with Crippen LogP contribution in [0.5, 0.6) is 11.5 Å². The Hall–Kier alpha value is -0.523. The van der Waals surface area contributed by atoms with Gasteiger partial charge in [0, 0.05) is 6.07 Å². The van der Waals surface area contributed by atoms with Crippen LogP contribution in [0.1, 0.15) is 26.3 Å². The fraction of sp³-hybridized carbons (Fsp3) is 0.600. The van der Waals surface area contributed by atoms with Crippen LogP contribution in [0.25, 0.3) is 0 Å². The van der Waals surface area contributed by atoms with E-state index in [0.717, 1.165) is 21.5 Å². The van der Waals surface area contributed by atoms with E-state index in [1.54, 1.807) is 14.2 Å². The van der Waals surface area contributed by atoms with Crippen molar-refractivity contribution < 1.29 is 13.9 Å². The van der Waals surface area contributed by atoms with Crippen LogP contribution in [0.2, 0.25) is 18.1 Å². The molecule has 0 saturated carbocycles. The van der Waals surface area contributed by atoms with E-state index in [4.69, 9.17) is 13.9 Å². The van der Waals surface area contributed by atoms with Gasteiger partial charge >= 0.3 is 0 Å². The molecule has 0 radical (unpaired) electrons. The molecule has 114 valence electrons. The number of rotatable bonds is 5. The molecule has 0 aliphatic heterocycles. The SMILES string of the molecule is COc1cc(CO[Si](C)(C)C(C)(C)C)c(Br)c(OC)c1. The third kappa shape index (κ3) is 3.99. The van der Waals surface area contributed by atoms with Gasteiger partial charge in [-0.2, -0.15) is 0 Å².